The summed E-state index contributed by atoms with van der Waals surface area (Å²) in [5.41, 5.74) is 14.4. The van der Waals surface area contributed by atoms with E-state index in [4.69, 9.17) is 0 Å². The molecule has 264 valence electrons. The summed E-state index contributed by atoms with van der Waals surface area (Å²) in [6.45, 7) is 32.4. The Morgan fingerprint density at radius 3 is 0.824 bits per heavy atom. The van der Waals surface area contributed by atoms with Crippen LogP contribution in [0.25, 0.3) is 55.0 Å². The SMILES string of the molecule is CC(C)c1cc(-n2c3ccc(C(C)(C)C)cc3c3cc(C(C)(C)C)ccc32)cc(-n2c3ccc(C(C)(C)C)cc3c3cc(C(C)(C)C)ccc32)c1. The summed E-state index contributed by atoms with van der Waals surface area (Å²) in [5, 5.41) is 5.28. The first-order valence-electron chi connectivity index (χ1n) is 19.0. The van der Waals surface area contributed by atoms with E-state index in [9.17, 15) is 0 Å². The number of hydrogen-bond donors (Lipinski definition) is 0. The van der Waals surface area contributed by atoms with Crippen LogP contribution in [0, 0.1) is 0 Å². The Kier molecular flexibility index (Phi) is 7.99. The summed E-state index contributed by atoms with van der Waals surface area (Å²) in [7, 11) is 0. The molecule has 0 aliphatic rings. The first kappa shape index (κ1) is 35.1. The molecule has 2 aromatic heterocycles. The molecular weight excluding hydrogens is 617 g/mol. The quantitative estimate of drug-likeness (QED) is 0.177. The molecule has 0 saturated heterocycles. The monoisotopic (exact) mass is 674 g/mol. The molecule has 7 rings (SSSR count). The Morgan fingerprint density at radius 1 is 0.353 bits per heavy atom. The molecule has 0 saturated carbocycles. The van der Waals surface area contributed by atoms with Crippen molar-refractivity contribution in [2.24, 2.45) is 0 Å². The zero-order chi connectivity index (χ0) is 37.0. The van der Waals surface area contributed by atoms with Crippen molar-refractivity contribution in [1.82, 2.24) is 9.13 Å². The van der Waals surface area contributed by atoms with Crippen molar-refractivity contribution in [2.75, 3.05) is 0 Å². The number of fused-ring (bicyclic) bond motifs is 6. The Labute approximate surface area is 306 Å². The molecule has 5 aromatic carbocycles. The summed E-state index contributed by atoms with van der Waals surface area (Å²) in [6.07, 6.45) is 0. The van der Waals surface area contributed by atoms with Crippen molar-refractivity contribution in [2.45, 2.75) is 125 Å². The predicted molar refractivity (Wildman–Crippen MR) is 224 cm³/mol. The van der Waals surface area contributed by atoms with Crippen LogP contribution in [0.5, 0.6) is 0 Å². The van der Waals surface area contributed by atoms with Gasteiger partial charge >= 0.3 is 0 Å². The molecule has 0 N–H and O–H groups in total. The fraction of sp³-hybridized carbons (Fsp3) is 0.388. The van der Waals surface area contributed by atoms with Gasteiger partial charge in [-0.25, -0.2) is 0 Å². The van der Waals surface area contributed by atoms with Crippen LogP contribution in [0.2, 0.25) is 0 Å². The maximum absolute atomic E-state index is 2.52. The van der Waals surface area contributed by atoms with Crippen molar-refractivity contribution < 1.29 is 0 Å². The molecule has 0 amide bonds. The third kappa shape index (κ3) is 6.09. The average Bonchev–Trinajstić information content (AvgIpc) is 3.54. The second-order valence-electron chi connectivity index (χ2n) is 19.5. The maximum Gasteiger partial charge on any atom is 0.0541 e. The van der Waals surface area contributed by atoms with Gasteiger partial charge in [-0.3, -0.25) is 0 Å². The molecule has 0 aliphatic carbocycles. The summed E-state index contributed by atoms with van der Waals surface area (Å²) in [6, 6.07) is 35.8. The third-order valence-corrected chi connectivity index (χ3v) is 11.1. The summed E-state index contributed by atoms with van der Waals surface area (Å²) >= 11 is 0. The Morgan fingerprint density at radius 2 is 0.608 bits per heavy atom. The second kappa shape index (κ2) is 11.6. The van der Waals surface area contributed by atoms with E-state index in [2.05, 4.69) is 197 Å². The van der Waals surface area contributed by atoms with Gasteiger partial charge in [0.05, 0.1) is 22.1 Å². The Bertz CT molecular complexity index is 2160. The van der Waals surface area contributed by atoms with Crippen molar-refractivity contribution in [3.05, 3.63) is 119 Å². The minimum absolute atomic E-state index is 0.0607. The van der Waals surface area contributed by atoms with E-state index in [1.807, 2.05) is 0 Å². The lowest BCUT2D eigenvalue weighted by atomic mass is 9.85. The fourth-order valence-electron chi connectivity index (χ4n) is 7.68. The van der Waals surface area contributed by atoms with Crippen LogP contribution in [0.15, 0.2) is 91.0 Å². The molecule has 0 bridgehead atoms. The highest BCUT2D eigenvalue weighted by Crippen LogP contribution is 2.41. The summed E-state index contributed by atoms with van der Waals surface area (Å²) in [5.74, 6) is 0.366. The van der Waals surface area contributed by atoms with Gasteiger partial charge in [-0.15, -0.1) is 0 Å². The third-order valence-electron chi connectivity index (χ3n) is 11.1. The minimum atomic E-state index is 0.0607. The molecular formula is C49H58N2. The molecule has 7 aromatic rings. The van der Waals surface area contributed by atoms with E-state index in [-0.39, 0.29) is 21.7 Å². The van der Waals surface area contributed by atoms with Crippen molar-refractivity contribution in [1.29, 1.82) is 0 Å². The minimum Gasteiger partial charge on any atom is -0.309 e. The number of aromatic nitrogens is 2. The van der Waals surface area contributed by atoms with Crippen LogP contribution >= 0.6 is 0 Å². The van der Waals surface area contributed by atoms with E-state index in [1.54, 1.807) is 0 Å². The van der Waals surface area contributed by atoms with Gasteiger partial charge in [-0.05, 0) is 122 Å². The molecule has 0 fully saturated rings. The van der Waals surface area contributed by atoms with Gasteiger partial charge in [0.2, 0.25) is 0 Å². The molecule has 0 unspecified atom stereocenters. The molecule has 0 radical (unpaired) electrons. The summed E-state index contributed by atoms with van der Waals surface area (Å²) in [4.78, 5) is 0. The molecule has 51 heavy (non-hydrogen) atoms. The van der Waals surface area contributed by atoms with Crippen LogP contribution < -0.4 is 0 Å². The van der Waals surface area contributed by atoms with E-state index in [1.165, 1.54) is 82.8 Å². The largest absolute Gasteiger partial charge is 0.309 e. The summed E-state index contributed by atoms with van der Waals surface area (Å²) < 4.78 is 5.03. The fourth-order valence-corrected chi connectivity index (χ4v) is 7.68. The average molecular weight is 675 g/mol. The number of benzene rings is 5. The van der Waals surface area contributed by atoms with Crippen LogP contribution in [0.3, 0.4) is 0 Å². The van der Waals surface area contributed by atoms with Crippen LogP contribution in [-0.2, 0) is 21.7 Å². The van der Waals surface area contributed by atoms with Crippen LogP contribution in [0.4, 0.5) is 0 Å². The van der Waals surface area contributed by atoms with Gasteiger partial charge in [0.25, 0.3) is 0 Å². The maximum atomic E-state index is 2.52. The van der Waals surface area contributed by atoms with Gasteiger partial charge in [-0.2, -0.15) is 0 Å². The predicted octanol–water partition coefficient (Wildman–Crippen LogP) is 14.2. The molecule has 0 aliphatic heterocycles. The second-order valence-corrected chi connectivity index (χ2v) is 19.5. The van der Waals surface area contributed by atoms with Crippen molar-refractivity contribution in [3.63, 3.8) is 0 Å². The highest BCUT2D eigenvalue weighted by Gasteiger charge is 2.24. The van der Waals surface area contributed by atoms with E-state index in [0.717, 1.165) is 0 Å². The van der Waals surface area contributed by atoms with Crippen LogP contribution in [-0.4, -0.2) is 9.13 Å². The smallest absolute Gasteiger partial charge is 0.0541 e. The number of rotatable bonds is 3. The molecule has 0 spiro atoms. The number of nitrogens with zero attached hydrogens (tertiary/aromatic N) is 2. The van der Waals surface area contributed by atoms with Gasteiger partial charge in [0.15, 0.2) is 0 Å². The normalized spacial score (nSPS) is 13.5. The van der Waals surface area contributed by atoms with E-state index >= 15 is 0 Å². The molecule has 2 heterocycles. The highest BCUT2D eigenvalue weighted by molar-refractivity contribution is 6.11. The van der Waals surface area contributed by atoms with Crippen molar-refractivity contribution in [3.8, 4) is 11.4 Å². The lowest BCUT2D eigenvalue weighted by Gasteiger charge is -2.20. The van der Waals surface area contributed by atoms with Crippen molar-refractivity contribution >= 4 is 43.6 Å². The Hall–Kier alpha value is -4.30. The molecule has 0 atom stereocenters. The molecule has 2 nitrogen and oxygen atoms in total. The molecule has 2 heteroatoms. The lowest BCUT2D eigenvalue weighted by molar-refractivity contribution is 0.590. The standard InChI is InChI=1S/C49H58N2/c1-30(2)31-23-36(50-42-19-15-32(46(3,4)5)25-38(42)39-26-33(47(6,7)8)16-20-43(39)50)29-37(24-31)51-44-21-17-34(48(9,10)11)27-40(44)41-28-35(49(12,13)14)18-22-45(41)51/h15-30H,1-14H3. The Balaban J connectivity index is 1.57. The zero-order valence-corrected chi connectivity index (χ0v) is 33.6. The van der Waals surface area contributed by atoms with Gasteiger partial charge < -0.3 is 9.13 Å². The van der Waals surface area contributed by atoms with Gasteiger partial charge in [0, 0.05) is 32.9 Å². The van der Waals surface area contributed by atoms with Gasteiger partial charge in [0.1, 0.15) is 0 Å². The van der Waals surface area contributed by atoms with Gasteiger partial charge in [-0.1, -0.05) is 121 Å². The lowest BCUT2D eigenvalue weighted by Crippen LogP contribution is -2.10. The van der Waals surface area contributed by atoms with Crippen LogP contribution in [0.1, 0.15) is 131 Å². The zero-order valence-electron chi connectivity index (χ0n) is 33.6. The first-order valence-corrected chi connectivity index (χ1v) is 19.0. The first-order chi connectivity index (χ1) is 23.6. The number of hydrogen-bond acceptors (Lipinski definition) is 0. The van der Waals surface area contributed by atoms with E-state index < -0.39 is 0 Å². The highest BCUT2D eigenvalue weighted by atomic mass is 15.0. The van der Waals surface area contributed by atoms with E-state index in [0.29, 0.717) is 5.92 Å². The topological polar surface area (TPSA) is 9.86 Å².